The lowest BCUT2D eigenvalue weighted by Crippen LogP contribution is -2.30. The Morgan fingerprint density at radius 3 is 2.41 bits per heavy atom. The van der Waals surface area contributed by atoms with Gasteiger partial charge in [-0.2, -0.15) is 13.2 Å². The van der Waals surface area contributed by atoms with Gasteiger partial charge in [-0.05, 0) is 105 Å². The van der Waals surface area contributed by atoms with E-state index in [2.05, 4.69) is 10.3 Å². The Morgan fingerprint density at radius 1 is 0.897 bits per heavy atom. The van der Waals surface area contributed by atoms with Crippen molar-refractivity contribution in [1.82, 2.24) is 14.9 Å². The van der Waals surface area contributed by atoms with Crippen LogP contribution in [-0.2, 0) is 6.18 Å². The third-order valence-corrected chi connectivity index (χ3v) is 7.67. The Labute approximate surface area is 230 Å². The van der Waals surface area contributed by atoms with E-state index in [1.54, 1.807) is 23.0 Å². The minimum Gasteiger partial charge on any atom is -0.490 e. The molecule has 1 N–H and O–H groups in total. The second-order valence-corrected chi connectivity index (χ2v) is 10.3. The molecule has 6 rings (SSSR count). The van der Waals surface area contributed by atoms with Crippen LogP contribution in [0.15, 0.2) is 91.3 Å². The number of rotatable bonds is 6. The average Bonchev–Trinajstić information content (AvgIpc) is 3.70. The first-order chi connectivity index (χ1) is 18.9. The predicted octanol–water partition coefficient (Wildman–Crippen LogP) is 7.39. The lowest BCUT2D eigenvalue weighted by atomic mass is 10.0. The van der Waals surface area contributed by atoms with Gasteiger partial charge in [0.2, 0.25) is 0 Å². The predicted molar refractivity (Wildman–Crippen MR) is 148 cm³/mol. The van der Waals surface area contributed by atoms with E-state index in [-0.39, 0.29) is 18.2 Å². The molecule has 3 heterocycles. The zero-order valence-electron chi connectivity index (χ0n) is 21.0. The van der Waals surface area contributed by atoms with Gasteiger partial charge in [0.05, 0.1) is 23.4 Å². The molecule has 2 aliphatic rings. The van der Waals surface area contributed by atoms with Crippen LogP contribution in [-0.4, -0.2) is 20.8 Å². The summed E-state index contributed by atoms with van der Waals surface area (Å²) < 4.78 is 48.5. The van der Waals surface area contributed by atoms with E-state index in [4.69, 9.17) is 17.0 Å². The van der Waals surface area contributed by atoms with E-state index in [1.807, 2.05) is 59.5 Å². The van der Waals surface area contributed by atoms with Gasteiger partial charge in [-0.25, -0.2) is 0 Å². The number of thiocarbonyl (C=S) groups is 1. The van der Waals surface area contributed by atoms with Crippen LogP contribution in [0.1, 0.15) is 54.7 Å². The topological polar surface area (TPSA) is 42.3 Å². The fraction of sp³-hybridized carbons (Fsp3) is 0.267. The van der Waals surface area contributed by atoms with Crippen molar-refractivity contribution in [3.63, 3.8) is 0 Å². The molecule has 0 unspecified atom stereocenters. The molecular weight excluding hydrogens is 521 g/mol. The fourth-order valence-corrected chi connectivity index (χ4v) is 5.87. The largest absolute Gasteiger partial charge is 0.490 e. The Kier molecular flexibility index (Phi) is 6.76. The summed E-state index contributed by atoms with van der Waals surface area (Å²) in [6, 6.07) is 21.9. The lowest BCUT2D eigenvalue weighted by molar-refractivity contribution is -0.137. The van der Waals surface area contributed by atoms with Gasteiger partial charge < -0.3 is 19.5 Å². The highest BCUT2D eigenvalue weighted by molar-refractivity contribution is 7.80. The van der Waals surface area contributed by atoms with Gasteiger partial charge in [-0.1, -0.05) is 12.1 Å². The molecule has 4 aromatic rings. The van der Waals surface area contributed by atoms with Crippen molar-refractivity contribution in [3.8, 4) is 11.4 Å². The van der Waals surface area contributed by atoms with E-state index in [9.17, 15) is 13.2 Å². The summed E-state index contributed by atoms with van der Waals surface area (Å²) >= 11 is 5.83. The van der Waals surface area contributed by atoms with Gasteiger partial charge in [0, 0.05) is 29.5 Å². The normalized spacial score (nSPS) is 19.9. The number of hydrogen-bond donors (Lipinski definition) is 1. The van der Waals surface area contributed by atoms with Crippen LogP contribution in [0.4, 0.5) is 18.9 Å². The van der Waals surface area contributed by atoms with Crippen LogP contribution in [0, 0.1) is 0 Å². The lowest BCUT2D eigenvalue weighted by Gasteiger charge is -2.29. The van der Waals surface area contributed by atoms with Crippen LogP contribution in [0.3, 0.4) is 0 Å². The standard InChI is InChI=1S/C30H27F3N4OS/c31-30(32,33)20-7-5-8-22(19-20)36-18-6-12-26(36)28-27(25-11-3-4-17-34-25)35-29(39)37(28)21-13-15-24(16-14-21)38-23-9-1-2-10-23/h3-8,11-19,23,27-28H,1-2,9-10H2,(H,35,39)/t27-,28-/m0/s1. The summed E-state index contributed by atoms with van der Waals surface area (Å²) in [5, 5.41) is 3.93. The van der Waals surface area contributed by atoms with Crippen LogP contribution in [0.2, 0.25) is 0 Å². The van der Waals surface area contributed by atoms with Crippen molar-refractivity contribution >= 4 is 23.0 Å². The number of hydrogen-bond acceptors (Lipinski definition) is 3. The van der Waals surface area contributed by atoms with E-state index in [0.29, 0.717) is 10.8 Å². The van der Waals surface area contributed by atoms with E-state index in [1.165, 1.54) is 25.0 Å². The molecule has 0 amide bonds. The molecule has 39 heavy (non-hydrogen) atoms. The van der Waals surface area contributed by atoms with Crippen LogP contribution < -0.4 is 15.0 Å². The molecule has 1 aliphatic carbocycles. The second kappa shape index (κ2) is 10.4. The second-order valence-electron chi connectivity index (χ2n) is 9.87. The van der Waals surface area contributed by atoms with E-state index < -0.39 is 11.7 Å². The molecule has 0 radical (unpaired) electrons. The zero-order chi connectivity index (χ0) is 27.0. The zero-order valence-corrected chi connectivity index (χ0v) is 21.8. The summed E-state index contributed by atoms with van der Waals surface area (Å²) in [7, 11) is 0. The summed E-state index contributed by atoms with van der Waals surface area (Å²) in [4.78, 5) is 6.58. The molecule has 1 saturated carbocycles. The van der Waals surface area contributed by atoms with Gasteiger partial charge in [-0.3, -0.25) is 4.98 Å². The summed E-state index contributed by atoms with van der Waals surface area (Å²) in [5.41, 5.74) is 2.14. The summed E-state index contributed by atoms with van der Waals surface area (Å²) in [6.07, 6.45) is 3.84. The Hall–Kier alpha value is -3.85. The van der Waals surface area contributed by atoms with Crippen molar-refractivity contribution < 1.29 is 17.9 Å². The minimum absolute atomic E-state index is 0.252. The molecule has 2 aromatic carbocycles. The van der Waals surface area contributed by atoms with Crippen molar-refractivity contribution in [2.24, 2.45) is 0 Å². The number of pyridine rings is 1. The highest BCUT2D eigenvalue weighted by atomic mass is 32.1. The summed E-state index contributed by atoms with van der Waals surface area (Å²) in [6.45, 7) is 0. The highest BCUT2D eigenvalue weighted by Crippen LogP contribution is 2.43. The Morgan fingerprint density at radius 2 is 1.69 bits per heavy atom. The van der Waals surface area contributed by atoms with E-state index in [0.717, 1.165) is 41.7 Å². The highest BCUT2D eigenvalue weighted by Gasteiger charge is 2.42. The first-order valence-corrected chi connectivity index (χ1v) is 13.4. The molecule has 200 valence electrons. The molecule has 9 heteroatoms. The maximum Gasteiger partial charge on any atom is 0.416 e. The first kappa shape index (κ1) is 25.4. The van der Waals surface area contributed by atoms with Gasteiger partial charge in [-0.15, -0.1) is 0 Å². The number of anilines is 1. The number of ether oxygens (including phenoxy) is 1. The molecule has 1 saturated heterocycles. The summed E-state index contributed by atoms with van der Waals surface area (Å²) in [5.74, 6) is 0.814. The Bertz CT molecular complexity index is 1450. The number of halogens is 3. The number of nitrogens with one attached hydrogen (secondary N) is 1. The number of alkyl halides is 3. The number of aromatic nitrogens is 2. The average molecular weight is 549 g/mol. The molecule has 2 aromatic heterocycles. The van der Waals surface area contributed by atoms with Gasteiger partial charge in [0.25, 0.3) is 0 Å². The molecule has 5 nitrogen and oxygen atoms in total. The molecule has 0 bridgehead atoms. The monoisotopic (exact) mass is 548 g/mol. The van der Waals surface area contributed by atoms with Crippen LogP contribution >= 0.6 is 12.2 Å². The minimum atomic E-state index is -4.44. The van der Waals surface area contributed by atoms with Crippen LogP contribution in [0.5, 0.6) is 5.75 Å². The smallest absolute Gasteiger partial charge is 0.416 e. The Balaban J connectivity index is 1.40. The molecule has 2 atom stereocenters. The number of benzene rings is 2. The van der Waals surface area contributed by atoms with Gasteiger partial charge in [0.1, 0.15) is 11.8 Å². The van der Waals surface area contributed by atoms with Crippen molar-refractivity contribution in [1.29, 1.82) is 0 Å². The van der Waals surface area contributed by atoms with Crippen LogP contribution in [0.25, 0.3) is 5.69 Å². The van der Waals surface area contributed by atoms with Crippen molar-refractivity contribution in [2.75, 3.05) is 4.90 Å². The maximum atomic E-state index is 13.5. The maximum absolute atomic E-state index is 13.5. The number of nitrogens with zero attached hydrogens (tertiary/aromatic N) is 3. The fourth-order valence-electron chi connectivity index (χ4n) is 5.52. The molecule has 0 spiro atoms. The quantitative estimate of drug-likeness (QED) is 0.255. The molecular formula is C30H27F3N4OS. The van der Waals surface area contributed by atoms with E-state index >= 15 is 0 Å². The van der Waals surface area contributed by atoms with Crippen molar-refractivity contribution in [2.45, 2.75) is 50.0 Å². The molecule has 1 aliphatic heterocycles. The third kappa shape index (κ3) is 5.11. The SMILES string of the molecule is FC(F)(F)c1cccc(-n2cccc2[C@H]2[C@H](c3ccccn3)NC(=S)N2c2ccc(OC3CCCC3)cc2)c1. The van der Waals surface area contributed by atoms with Gasteiger partial charge in [0.15, 0.2) is 5.11 Å². The van der Waals surface area contributed by atoms with Crippen molar-refractivity contribution in [3.05, 3.63) is 108 Å². The van der Waals surface area contributed by atoms with Gasteiger partial charge >= 0.3 is 6.18 Å². The first-order valence-electron chi connectivity index (χ1n) is 13.0. The third-order valence-electron chi connectivity index (χ3n) is 7.35. The molecule has 2 fully saturated rings.